The Bertz CT molecular complexity index is 1610. The van der Waals surface area contributed by atoms with E-state index in [1.165, 1.54) is 13.8 Å². The molecule has 2 N–H and O–H groups in total. The minimum absolute atomic E-state index is 0.0177. The molecule has 8 aliphatic carbocycles. The van der Waals surface area contributed by atoms with E-state index in [4.69, 9.17) is 9.31 Å². The van der Waals surface area contributed by atoms with Crippen molar-refractivity contribution in [3.8, 4) is 0 Å². The van der Waals surface area contributed by atoms with E-state index >= 15 is 8.78 Å². The zero-order valence-corrected chi connectivity index (χ0v) is 32.3. The Morgan fingerprint density at radius 3 is 1.38 bits per heavy atom. The molecule has 14 atom stereocenters. The molecule has 0 radical (unpaired) electrons. The minimum Gasteiger partial charge on any atom is -0.408 e. The lowest BCUT2D eigenvalue weighted by Gasteiger charge is -2.65. The molecule has 0 spiro atoms. The first-order chi connectivity index (χ1) is 24.7. The number of carbonyl (C=O) groups is 4. The first kappa shape index (κ1) is 37.8. The van der Waals surface area contributed by atoms with Crippen molar-refractivity contribution in [2.75, 3.05) is 0 Å². The van der Waals surface area contributed by atoms with Crippen molar-refractivity contribution in [1.82, 2.24) is 0 Å². The number of aliphatic hydroxyl groups is 2. The zero-order chi connectivity index (χ0) is 38.4. The minimum atomic E-state index is -1.95. The highest BCUT2D eigenvalue weighted by Gasteiger charge is 2.76. The van der Waals surface area contributed by atoms with Crippen LogP contribution in [0.15, 0.2) is 23.3 Å². The van der Waals surface area contributed by atoms with Gasteiger partial charge in [-0.25, -0.2) is 8.78 Å². The third-order valence-corrected chi connectivity index (χ3v) is 18.0. The van der Waals surface area contributed by atoms with Crippen LogP contribution in [0, 0.1) is 45.3 Å². The van der Waals surface area contributed by atoms with Crippen molar-refractivity contribution < 1.29 is 47.5 Å². The summed E-state index contributed by atoms with van der Waals surface area (Å²) >= 11 is 0. The normalized spacial score (nSPS) is 52.9. The molecule has 8 rings (SSSR count). The fourth-order valence-electron chi connectivity index (χ4n) is 14.8. The van der Waals surface area contributed by atoms with Crippen molar-refractivity contribution in [2.24, 2.45) is 45.3 Å². The Labute approximate surface area is 312 Å². The first-order valence-corrected chi connectivity index (χ1v) is 20.2. The van der Waals surface area contributed by atoms with Gasteiger partial charge < -0.3 is 19.5 Å². The number of allylic oxidation sites excluding steroid dienone is 2. The van der Waals surface area contributed by atoms with Gasteiger partial charge in [0.2, 0.25) is 0 Å². The van der Waals surface area contributed by atoms with Crippen molar-refractivity contribution in [2.45, 2.75) is 166 Å². The van der Waals surface area contributed by atoms with Crippen molar-refractivity contribution in [3.05, 3.63) is 23.3 Å². The van der Waals surface area contributed by atoms with Crippen LogP contribution < -0.4 is 0 Å². The number of rotatable bonds is 6. The predicted molar refractivity (Wildman–Crippen MR) is 193 cm³/mol. The van der Waals surface area contributed by atoms with Crippen LogP contribution in [0.4, 0.5) is 8.78 Å². The van der Waals surface area contributed by atoms with Gasteiger partial charge in [-0.3, -0.25) is 19.2 Å². The largest absolute Gasteiger partial charge is 0.438 e. The van der Waals surface area contributed by atoms with Crippen molar-refractivity contribution in [1.29, 1.82) is 0 Å². The van der Waals surface area contributed by atoms with E-state index in [9.17, 15) is 29.4 Å². The van der Waals surface area contributed by atoms with Crippen LogP contribution in [0.2, 0.25) is 0 Å². The number of ketones is 4. The first-order valence-electron chi connectivity index (χ1n) is 20.2. The molecule has 6 fully saturated rings. The second-order valence-electron chi connectivity index (χ2n) is 19.6. The number of Topliss-reactive ketones (excluding diaryl/α,β-unsaturated/α-hetero) is 2. The smallest absolute Gasteiger partial charge is 0.408 e. The lowest BCUT2D eigenvalue weighted by atomic mass is 9.43. The Balaban J connectivity index is 1.17. The molecule has 0 heterocycles. The third-order valence-electron chi connectivity index (χ3n) is 18.0. The Morgan fingerprint density at radius 2 is 1.02 bits per heavy atom. The van der Waals surface area contributed by atoms with E-state index in [0.29, 0.717) is 51.4 Å². The van der Waals surface area contributed by atoms with Gasteiger partial charge in [-0.1, -0.05) is 38.8 Å². The molecule has 8 nitrogen and oxygen atoms in total. The molecular formula is C42H57BF2O8. The summed E-state index contributed by atoms with van der Waals surface area (Å²) in [6.07, 6.45) is 5.59. The van der Waals surface area contributed by atoms with E-state index in [0.717, 1.165) is 11.1 Å². The van der Waals surface area contributed by atoms with E-state index in [1.807, 2.05) is 27.7 Å². The van der Waals surface area contributed by atoms with Gasteiger partial charge in [-0.05, 0) is 115 Å². The maximum absolute atomic E-state index is 18.8. The molecule has 53 heavy (non-hydrogen) atoms. The van der Waals surface area contributed by atoms with Gasteiger partial charge >= 0.3 is 7.69 Å². The molecule has 14 unspecified atom stereocenters. The molecular weight excluding hydrogens is 681 g/mol. The van der Waals surface area contributed by atoms with Gasteiger partial charge in [0.05, 0.1) is 12.2 Å². The SMILES string of the molecule is CC(=O)C1(O)CCC2C3CCC4=CC(=O)CCC4(C)C3(F)C(OBOC3CC4(C)C(CCC4(O)C(C)=O)C4CCC5=CC(=O)CCC5(C)C34F)CC21C. The Hall–Kier alpha value is -2.08. The average Bonchev–Trinajstić information content (AvgIpc) is 3.52. The molecule has 8 aliphatic rings. The van der Waals surface area contributed by atoms with E-state index < -0.39 is 75.9 Å². The highest BCUT2D eigenvalue weighted by atomic mass is 19.1. The number of hydrogen-bond acceptors (Lipinski definition) is 8. The van der Waals surface area contributed by atoms with Gasteiger partial charge in [0.25, 0.3) is 0 Å². The van der Waals surface area contributed by atoms with E-state index in [1.54, 1.807) is 12.2 Å². The van der Waals surface area contributed by atoms with Gasteiger partial charge in [0.15, 0.2) is 23.1 Å². The van der Waals surface area contributed by atoms with Crippen LogP contribution in [0.1, 0.15) is 131 Å². The number of carbonyl (C=O) groups excluding carboxylic acids is 4. The maximum Gasteiger partial charge on any atom is 0.438 e. The summed E-state index contributed by atoms with van der Waals surface area (Å²) in [5, 5.41) is 23.9. The summed E-state index contributed by atoms with van der Waals surface area (Å²) in [5.41, 5.74) is -9.65. The van der Waals surface area contributed by atoms with Crippen LogP contribution in [0.25, 0.3) is 0 Å². The molecule has 6 saturated carbocycles. The summed E-state index contributed by atoms with van der Waals surface area (Å²) in [6, 6.07) is 0. The van der Waals surface area contributed by atoms with E-state index in [2.05, 4.69) is 0 Å². The lowest BCUT2D eigenvalue weighted by Crippen LogP contribution is -2.71. The monoisotopic (exact) mass is 738 g/mol. The molecule has 290 valence electrons. The van der Waals surface area contributed by atoms with Crippen LogP contribution >= 0.6 is 0 Å². The molecule has 11 heteroatoms. The van der Waals surface area contributed by atoms with Crippen LogP contribution in [-0.4, -0.2) is 75.8 Å². The average molecular weight is 739 g/mol. The molecule has 0 bridgehead atoms. The number of halogens is 2. The quantitative estimate of drug-likeness (QED) is 0.312. The van der Waals surface area contributed by atoms with E-state index in [-0.39, 0.29) is 73.5 Å². The van der Waals surface area contributed by atoms with Crippen LogP contribution in [-0.2, 0) is 28.5 Å². The fourth-order valence-corrected chi connectivity index (χ4v) is 14.8. The second kappa shape index (κ2) is 11.7. The third kappa shape index (κ3) is 4.48. The highest BCUT2D eigenvalue weighted by molar-refractivity contribution is 6.18. The zero-order valence-electron chi connectivity index (χ0n) is 32.3. The maximum atomic E-state index is 18.8. The topological polar surface area (TPSA) is 127 Å². The molecule has 0 aromatic heterocycles. The fraction of sp³-hybridized carbons (Fsp3) is 0.810. The van der Waals surface area contributed by atoms with Gasteiger partial charge in [0, 0.05) is 46.3 Å². The number of hydrogen-bond donors (Lipinski definition) is 2. The molecule has 0 aromatic rings. The van der Waals surface area contributed by atoms with Gasteiger partial charge in [0.1, 0.15) is 22.5 Å². The lowest BCUT2D eigenvalue weighted by molar-refractivity contribution is -0.232. The van der Waals surface area contributed by atoms with Crippen molar-refractivity contribution in [3.63, 3.8) is 0 Å². The summed E-state index contributed by atoms with van der Waals surface area (Å²) in [7, 11) is -0.479. The van der Waals surface area contributed by atoms with Gasteiger partial charge in [-0.2, -0.15) is 0 Å². The predicted octanol–water partition coefficient (Wildman–Crippen LogP) is 6.13. The Kier molecular flexibility index (Phi) is 8.37. The Morgan fingerprint density at radius 1 is 0.642 bits per heavy atom. The van der Waals surface area contributed by atoms with Crippen LogP contribution in [0.3, 0.4) is 0 Å². The molecule has 0 amide bonds. The molecule has 0 saturated heterocycles. The summed E-state index contributed by atoms with van der Waals surface area (Å²) in [6.45, 7) is 10.3. The molecule has 0 aromatic carbocycles. The summed E-state index contributed by atoms with van der Waals surface area (Å²) in [5.74, 6) is -2.38. The summed E-state index contributed by atoms with van der Waals surface area (Å²) in [4.78, 5) is 51.4. The number of alkyl halides is 2. The van der Waals surface area contributed by atoms with Crippen molar-refractivity contribution >= 4 is 30.8 Å². The standard InChI is InChI=1S/C42H57BF2O8/c1-23(46)39(50)17-13-29-31-9-7-25-19-27(48)11-15-35(25,3)41(31,44)33(21-37(29,39)5)52-43-53-34-22-38(6)30(14-18-40(38,51)24(2)47)32-10-8-26-20-28(49)12-16-36(26,4)42(32,34)45/h19-20,29-34,43,50-51H,7-18,21-22H2,1-6H3. The second-order valence-corrected chi connectivity index (χ2v) is 19.6. The molecule has 0 aliphatic heterocycles. The highest BCUT2D eigenvalue weighted by Crippen LogP contribution is 2.73. The van der Waals surface area contributed by atoms with Gasteiger partial charge in [-0.15, -0.1) is 0 Å². The van der Waals surface area contributed by atoms with Crippen LogP contribution in [0.5, 0.6) is 0 Å². The number of fused-ring (bicyclic) bond motifs is 10. The summed E-state index contributed by atoms with van der Waals surface area (Å²) < 4.78 is 50.7.